The van der Waals surface area contributed by atoms with Gasteiger partial charge < -0.3 is 15.4 Å². The summed E-state index contributed by atoms with van der Waals surface area (Å²) in [6, 6.07) is 20.5. The largest absolute Gasteiger partial charge is 0.496 e. The van der Waals surface area contributed by atoms with E-state index >= 15 is 0 Å². The van der Waals surface area contributed by atoms with Crippen LogP contribution < -0.4 is 15.4 Å². The standard InChI is InChI=1S/C28H31N3O5S/c1-36-26-16-15-22(37(34,35)31-17-9-2-3-10-18-31)19-24(26)28(33)30-25-14-8-7-13-23(25)27(32)29-20-21-11-5-4-6-12-21/h4-8,11-16,19H,2-3,9-10,17-18,20H2,1H3,(H,29,32)(H,30,33). The number of nitrogens with zero attached hydrogens (tertiary/aromatic N) is 1. The first-order valence-electron chi connectivity index (χ1n) is 12.3. The van der Waals surface area contributed by atoms with Crippen LogP contribution in [-0.2, 0) is 16.6 Å². The van der Waals surface area contributed by atoms with Gasteiger partial charge in [-0.2, -0.15) is 4.31 Å². The Morgan fingerprint density at radius 1 is 0.838 bits per heavy atom. The minimum absolute atomic E-state index is 0.0363. The van der Waals surface area contributed by atoms with E-state index in [1.54, 1.807) is 24.3 Å². The van der Waals surface area contributed by atoms with Crippen LogP contribution in [0.5, 0.6) is 5.75 Å². The molecule has 8 nitrogen and oxygen atoms in total. The molecule has 1 heterocycles. The minimum Gasteiger partial charge on any atom is -0.496 e. The number of anilines is 1. The third-order valence-electron chi connectivity index (χ3n) is 6.33. The van der Waals surface area contributed by atoms with E-state index in [0.717, 1.165) is 31.2 Å². The van der Waals surface area contributed by atoms with E-state index in [1.807, 2.05) is 30.3 Å². The van der Waals surface area contributed by atoms with Gasteiger partial charge in [0.05, 0.1) is 28.8 Å². The third-order valence-corrected chi connectivity index (χ3v) is 8.23. The van der Waals surface area contributed by atoms with E-state index in [1.165, 1.54) is 29.6 Å². The minimum atomic E-state index is -3.76. The maximum Gasteiger partial charge on any atom is 0.259 e. The highest BCUT2D eigenvalue weighted by Crippen LogP contribution is 2.27. The van der Waals surface area contributed by atoms with E-state index in [4.69, 9.17) is 4.74 Å². The lowest BCUT2D eigenvalue weighted by Gasteiger charge is -2.21. The Morgan fingerprint density at radius 2 is 1.51 bits per heavy atom. The van der Waals surface area contributed by atoms with Crippen LogP contribution in [-0.4, -0.2) is 44.7 Å². The number of sulfonamides is 1. The molecule has 2 N–H and O–H groups in total. The smallest absolute Gasteiger partial charge is 0.259 e. The number of nitrogens with one attached hydrogen (secondary N) is 2. The highest BCUT2D eigenvalue weighted by atomic mass is 32.2. The van der Waals surface area contributed by atoms with Crippen molar-refractivity contribution in [1.82, 2.24) is 9.62 Å². The van der Waals surface area contributed by atoms with E-state index in [-0.39, 0.29) is 22.1 Å². The van der Waals surface area contributed by atoms with Gasteiger partial charge in [-0.15, -0.1) is 0 Å². The van der Waals surface area contributed by atoms with Crippen molar-refractivity contribution < 1.29 is 22.7 Å². The fraction of sp³-hybridized carbons (Fsp3) is 0.286. The molecular formula is C28H31N3O5S. The Bertz CT molecular complexity index is 1350. The van der Waals surface area contributed by atoms with Crippen molar-refractivity contribution in [2.24, 2.45) is 0 Å². The number of carbonyl (C=O) groups excluding carboxylic acids is 2. The molecule has 1 aliphatic rings. The number of ether oxygens (including phenoxy) is 1. The lowest BCUT2D eigenvalue weighted by molar-refractivity contribution is 0.0951. The Morgan fingerprint density at radius 3 is 2.22 bits per heavy atom. The number of rotatable bonds is 8. The normalized spacial score (nSPS) is 14.4. The highest BCUT2D eigenvalue weighted by molar-refractivity contribution is 7.89. The van der Waals surface area contributed by atoms with Gasteiger partial charge in [-0.1, -0.05) is 55.3 Å². The van der Waals surface area contributed by atoms with Gasteiger partial charge in [0.25, 0.3) is 11.8 Å². The predicted molar refractivity (Wildman–Crippen MR) is 142 cm³/mol. The molecule has 0 aromatic heterocycles. The predicted octanol–water partition coefficient (Wildman–Crippen LogP) is 4.44. The van der Waals surface area contributed by atoms with E-state index < -0.39 is 15.9 Å². The molecule has 0 spiro atoms. The van der Waals surface area contributed by atoms with E-state index in [0.29, 0.717) is 30.9 Å². The Labute approximate surface area is 217 Å². The van der Waals surface area contributed by atoms with Crippen molar-refractivity contribution in [2.45, 2.75) is 37.1 Å². The quantitative estimate of drug-likeness (QED) is 0.456. The number of amides is 2. The van der Waals surface area contributed by atoms with Crippen LogP contribution in [0.1, 0.15) is 52.0 Å². The second-order valence-electron chi connectivity index (χ2n) is 8.85. The van der Waals surface area contributed by atoms with Gasteiger partial charge in [-0.25, -0.2) is 8.42 Å². The van der Waals surface area contributed by atoms with Gasteiger partial charge in [0.2, 0.25) is 10.0 Å². The molecule has 2 amide bonds. The first-order chi connectivity index (χ1) is 17.9. The van der Waals surface area contributed by atoms with Gasteiger partial charge in [0, 0.05) is 19.6 Å². The van der Waals surface area contributed by atoms with Crippen LogP contribution >= 0.6 is 0 Å². The first kappa shape index (κ1) is 26.4. The molecule has 0 saturated carbocycles. The van der Waals surface area contributed by atoms with Crippen LogP contribution in [0.2, 0.25) is 0 Å². The zero-order chi connectivity index (χ0) is 26.3. The molecule has 3 aromatic carbocycles. The van der Waals surface area contributed by atoms with Gasteiger partial charge in [0.15, 0.2) is 0 Å². The summed E-state index contributed by atoms with van der Waals surface area (Å²) in [5.74, 6) is -0.685. The second kappa shape index (κ2) is 12.0. The second-order valence-corrected chi connectivity index (χ2v) is 10.8. The number of para-hydroxylation sites is 1. The summed E-state index contributed by atoms with van der Waals surface area (Å²) >= 11 is 0. The molecule has 37 heavy (non-hydrogen) atoms. The maximum absolute atomic E-state index is 13.3. The maximum atomic E-state index is 13.3. The molecule has 3 aromatic rings. The van der Waals surface area contributed by atoms with Crippen LogP contribution in [0, 0.1) is 0 Å². The molecule has 0 atom stereocenters. The number of methoxy groups -OCH3 is 1. The molecule has 1 aliphatic heterocycles. The monoisotopic (exact) mass is 521 g/mol. The summed E-state index contributed by atoms with van der Waals surface area (Å²) < 4.78 is 33.4. The molecule has 1 saturated heterocycles. The molecule has 0 aliphatic carbocycles. The SMILES string of the molecule is COc1ccc(S(=O)(=O)N2CCCCCC2)cc1C(=O)Nc1ccccc1C(=O)NCc1ccccc1. The topological polar surface area (TPSA) is 105 Å². The van der Waals surface area contributed by atoms with Crippen molar-refractivity contribution in [2.75, 3.05) is 25.5 Å². The summed E-state index contributed by atoms with van der Waals surface area (Å²) in [6.45, 7) is 1.26. The average molecular weight is 522 g/mol. The van der Waals surface area contributed by atoms with Crippen molar-refractivity contribution >= 4 is 27.5 Å². The molecule has 0 radical (unpaired) electrons. The zero-order valence-electron chi connectivity index (χ0n) is 20.8. The van der Waals surface area contributed by atoms with Crippen molar-refractivity contribution in [3.05, 3.63) is 89.5 Å². The summed E-state index contributed by atoms with van der Waals surface area (Å²) in [7, 11) is -2.34. The third kappa shape index (κ3) is 6.36. The molecule has 9 heteroatoms. The van der Waals surface area contributed by atoms with Crippen molar-refractivity contribution in [1.29, 1.82) is 0 Å². The average Bonchev–Trinajstić information content (AvgIpc) is 3.22. The molecule has 1 fully saturated rings. The molecule has 194 valence electrons. The summed E-state index contributed by atoms with van der Waals surface area (Å²) in [5.41, 5.74) is 1.61. The van der Waals surface area contributed by atoms with Gasteiger partial charge in [-0.3, -0.25) is 9.59 Å². The summed E-state index contributed by atoms with van der Waals surface area (Å²) in [6.07, 6.45) is 3.62. The first-order valence-corrected chi connectivity index (χ1v) is 13.7. The number of hydrogen-bond donors (Lipinski definition) is 2. The fourth-order valence-corrected chi connectivity index (χ4v) is 5.85. The summed E-state index contributed by atoms with van der Waals surface area (Å²) in [5, 5.41) is 5.62. The fourth-order valence-electron chi connectivity index (χ4n) is 4.31. The number of carbonyl (C=O) groups is 2. The molecule has 0 bridgehead atoms. The summed E-state index contributed by atoms with van der Waals surface area (Å²) in [4.78, 5) is 26.3. The zero-order valence-corrected chi connectivity index (χ0v) is 21.6. The molecule has 4 rings (SSSR count). The molecular weight excluding hydrogens is 490 g/mol. The van der Waals surface area contributed by atoms with E-state index in [9.17, 15) is 18.0 Å². The molecule has 0 unspecified atom stereocenters. The van der Waals surface area contributed by atoms with Crippen LogP contribution in [0.4, 0.5) is 5.69 Å². The highest BCUT2D eigenvalue weighted by Gasteiger charge is 2.27. The van der Waals surface area contributed by atoms with E-state index in [2.05, 4.69) is 10.6 Å². The van der Waals surface area contributed by atoms with Crippen molar-refractivity contribution in [3.8, 4) is 5.75 Å². The lowest BCUT2D eigenvalue weighted by atomic mass is 10.1. The number of benzene rings is 3. The Balaban J connectivity index is 1.56. The van der Waals surface area contributed by atoms with Gasteiger partial charge in [-0.05, 0) is 48.7 Å². The van der Waals surface area contributed by atoms with Crippen LogP contribution in [0.15, 0.2) is 77.7 Å². The number of hydrogen-bond acceptors (Lipinski definition) is 5. The van der Waals surface area contributed by atoms with Crippen LogP contribution in [0.3, 0.4) is 0 Å². The van der Waals surface area contributed by atoms with Gasteiger partial charge in [0.1, 0.15) is 5.75 Å². The Kier molecular flexibility index (Phi) is 8.58. The lowest BCUT2D eigenvalue weighted by Crippen LogP contribution is -2.32. The van der Waals surface area contributed by atoms with Crippen LogP contribution in [0.25, 0.3) is 0 Å². The Hall–Kier alpha value is -3.69. The van der Waals surface area contributed by atoms with Crippen molar-refractivity contribution in [3.63, 3.8) is 0 Å². The van der Waals surface area contributed by atoms with Gasteiger partial charge >= 0.3 is 0 Å².